The Bertz CT molecular complexity index is 1000. The molecule has 0 aromatic heterocycles. The Morgan fingerprint density at radius 2 is 1.57 bits per heavy atom. The normalized spacial score (nSPS) is 20.6. The number of aryl methyl sites for hydroxylation is 1. The summed E-state index contributed by atoms with van der Waals surface area (Å²) in [7, 11) is -3.68. The van der Waals surface area contributed by atoms with E-state index in [2.05, 4.69) is 5.32 Å². The molecule has 0 bridgehead atoms. The molecule has 7 nitrogen and oxygen atoms in total. The van der Waals surface area contributed by atoms with Gasteiger partial charge in [-0.25, -0.2) is 13.2 Å². The number of nitrogens with zero attached hydrogens (tertiary/aromatic N) is 2. The Labute approximate surface area is 164 Å². The summed E-state index contributed by atoms with van der Waals surface area (Å²) < 4.78 is 27.3. The van der Waals surface area contributed by atoms with Crippen LogP contribution >= 0.6 is 0 Å². The van der Waals surface area contributed by atoms with Crippen LogP contribution in [-0.2, 0) is 14.8 Å². The van der Waals surface area contributed by atoms with Crippen LogP contribution in [0.1, 0.15) is 12.0 Å². The van der Waals surface area contributed by atoms with Gasteiger partial charge in [0.2, 0.25) is 15.9 Å². The van der Waals surface area contributed by atoms with Gasteiger partial charge in [-0.3, -0.25) is 9.69 Å². The molecule has 2 aromatic rings. The number of hydrogen-bond donors (Lipinski definition) is 1. The van der Waals surface area contributed by atoms with E-state index in [1.807, 2.05) is 31.2 Å². The molecule has 1 atom stereocenters. The topological polar surface area (TPSA) is 86.8 Å². The van der Waals surface area contributed by atoms with E-state index in [1.54, 1.807) is 24.3 Å². The van der Waals surface area contributed by atoms with Crippen molar-refractivity contribution in [1.29, 1.82) is 0 Å². The average molecular weight is 399 g/mol. The highest BCUT2D eigenvalue weighted by Crippen LogP contribution is 2.27. The first-order chi connectivity index (χ1) is 13.4. The number of carbonyl (C=O) groups is 2. The molecule has 2 aromatic carbocycles. The van der Waals surface area contributed by atoms with Crippen molar-refractivity contribution in [3.63, 3.8) is 0 Å². The van der Waals surface area contributed by atoms with Crippen LogP contribution in [0.3, 0.4) is 0 Å². The van der Waals surface area contributed by atoms with E-state index in [9.17, 15) is 18.0 Å². The Morgan fingerprint density at radius 1 is 0.964 bits per heavy atom. The lowest BCUT2D eigenvalue weighted by atomic mass is 10.0. The van der Waals surface area contributed by atoms with Crippen molar-refractivity contribution in [2.45, 2.75) is 24.3 Å². The Kier molecular flexibility index (Phi) is 4.68. The minimum Gasteiger partial charge on any atom is -0.329 e. The maximum atomic E-state index is 13.0. The molecule has 2 heterocycles. The van der Waals surface area contributed by atoms with Crippen molar-refractivity contribution in [2.24, 2.45) is 0 Å². The van der Waals surface area contributed by atoms with E-state index in [1.165, 1.54) is 4.31 Å². The van der Waals surface area contributed by atoms with Gasteiger partial charge in [-0.05, 0) is 36.6 Å². The molecule has 28 heavy (non-hydrogen) atoms. The summed E-state index contributed by atoms with van der Waals surface area (Å²) in [5.41, 5.74) is 3.13. The second-order valence-corrected chi connectivity index (χ2v) is 9.06. The highest BCUT2D eigenvalue weighted by Gasteiger charge is 2.41. The van der Waals surface area contributed by atoms with Gasteiger partial charge in [0.05, 0.1) is 17.5 Å². The molecular formula is C20H21N3O4S. The van der Waals surface area contributed by atoms with Crippen molar-refractivity contribution >= 4 is 22.0 Å². The third-order valence-corrected chi connectivity index (χ3v) is 7.13. The van der Waals surface area contributed by atoms with Crippen molar-refractivity contribution in [3.05, 3.63) is 54.1 Å². The number of carbonyl (C=O) groups excluding carboxylic acids is 2. The summed E-state index contributed by atoms with van der Waals surface area (Å²) in [4.78, 5) is 25.0. The summed E-state index contributed by atoms with van der Waals surface area (Å²) in [5.74, 6) is -0.309. The lowest BCUT2D eigenvalue weighted by molar-refractivity contribution is -0.126. The number of rotatable bonds is 4. The predicted octanol–water partition coefficient (Wildman–Crippen LogP) is 1.98. The third kappa shape index (κ3) is 3.29. The maximum absolute atomic E-state index is 13.0. The van der Waals surface area contributed by atoms with E-state index in [0.717, 1.165) is 21.6 Å². The van der Waals surface area contributed by atoms with Crippen molar-refractivity contribution < 1.29 is 18.0 Å². The molecule has 3 amide bonds. The van der Waals surface area contributed by atoms with Gasteiger partial charge in [-0.15, -0.1) is 0 Å². The molecular weight excluding hydrogens is 378 g/mol. The minimum absolute atomic E-state index is 0.0252. The Balaban J connectivity index is 1.51. The third-order valence-electron chi connectivity index (χ3n) is 5.25. The quantitative estimate of drug-likeness (QED) is 0.797. The molecule has 146 valence electrons. The molecule has 2 aliphatic rings. The molecule has 2 saturated heterocycles. The number of amides is 3. The molecule has 2 fully saturated rings. The lowest BCUT2D eigenvalue weighted by Gasteiger charge is -2.21. The number of imide groups is 1. The van der Waals surface area contributed by atoms with E-state index in [-0.39, 0.29) is 30.4 Å². The molecule has 2 aliphatic heterocycles. The fourth-order valence-electron chi connectivity index (χ4n) is 3.66. The van der Waals surface area contributed by atoms with Crippen molar-refractivity contribution in [2.75, 3.05) is 19.6 Å². The predicted molar refractivity (Wildman–Crippen MR) is 104 cm³/mol. The van der Waals surface area contributed by atoms with E-state index >= 15 is 0 Å². The molecule has 0 aliphatic carbocycles. The molecule has 1 unspecified atom stereocenters. The molecule has 0 spiro atoms. The number of sulfonamides is 1. The summed E-state index contributed by atoms with van der Waals surface area (Å²) >= 11 is 0. The van der Waals surface area contributed by atoms with Gasteiger partial charge in [0, 0.05) is 13.1 Å². The van der Waals surface area contributed by atoms with Gasteiger partial charge in [0.1, 0.15) is 0 Å². The zero-order chi connectivity index (χ0) is 19.9. The Hall–Kier alpha value is -2.71. The SMILES string of the molecule is Cc1ccc(-c2ccc(S(=O)(=O)N3CCC(N4C(=O)CNC4=O)C3)cc2)cc1. The Morgan fingerprint density at radius 3 is 2.14 bits per heavy atom. The fraction of sp³-hybridized carbons (Fsp3) is 0.300. The van der Waals surface area contributed by atoms with Crippen LogP contribution < -0.4 is 5.32 Å². The van der Waals surface area contributed by atoms with Crippen LogP contribution in [0, 0.1) is 6.92 Å². The molecule has 0 radical (unpaired) electrons. The molecule has 0 saturated carbocycles. The highest BCUT2D eigenvalue weighted by atomic mass is 32.2. The number of hydrogen-bond acceptors (Lipinski definition) is 4. The van der Waals surface area contributed by atoms with Gasteiger partial charge in [0.15, 0.2) is 0 Å². The van der Waals surface area contributed by atoms with Gasteiger partial charge < -0.3 is 5.32 Å². The fourth-order valence-corrected chi connectivity index (χ4v) is 5.15. The highest BCUT2D eigenvalue weighted by molar-refractivity contribution is 7.89. The van der Waals surface area contributed by atoms with E-state index in [0.29, 0.717) is 6.42 Å². The van der Waals surface area contributed by atoms with Gasteiger partial charge in [-0.1, -0.05) is 42.0 Å². The first kappa shape index (κ1) is 18.6. The van der Waals surface area contributed by atoms with E-state index in [4.69, 9.17) is 0 Å². The zero-order valence-corrected chi connectivity index (χ0v) is 16.3. The maximum Gasteiger partial charge on any atom is 0.324 e. The zero-order valence-electron chi connectivity index (χ0n) is 15.5. The lowest BCUT2D eigenvalue weighted by Crippen LogP contribution is -2.42. The summed E-state index contributed by atoms with van der Waals surface area (Å²) in [6.07, 6.45) is 0.444. The van der Waals surface area contributed by atoms with Crippen LogP contribution in [0.25, 0.3) is 11.1 Å². The summed E-state index contributed by atoms with van der Waals surface area (Å²) in [6.45, 7) is 2.40. The number of benzene rings is 2. The van der Waals surface area contributed by atoms with Crippen molar-refractivity contribution in [3.8, 4) is 11.1 Å². The van der Waals surface area contributed by atoms with Gasteiger partial charge >= 0.3 is 6.03 Å². The largest absolute Gasteiger partial charge is 0.329 e. The average Bonchev–Trinajstić information content (AvgIpc) is 3.29. The van der Waals surface area contributed by atoms with Crippen LogP contribution in [-0.4, -0.2) is 55.2 Å². The number of nitrogens with one attached hydrogen (secondary N) is 1. The first-order valence-electron chi connectivity index (χ1n) is 9.13. The summed E-state index contributed by atoms with van der Waals surface area (Å²) in [5, 5.41) is 2.48. The first-order valence-corrected chi connectivity index (χ1v) is 10.6. The molecule has 8 heteroatoms. The second kappa shape index (κ2) is 7.03. The monoisotopic (exact) mass is 399 g/mol. The van der Waals surface area contributed by atoms with E-state index < -0.39 is 22.1 Å². The second-order valence-electron chi connectivity index (χ2n) is 7.12. The van der Waals surface area contributed by atoms with Gasteiger partial charge in [0.25, 0.3) is 0 Å². The standard InChI is InChI=1S/C20H21N3O4S/c1-14-2-4-15(5-3-14)16-6-8-18(9-7-16)28(26,27)22-11-10-17(13-22)23-19(24)12-21-20(23)25/h2-9,17H,10-13H2,1H3,(H,21,25). The summed E-state index contributed by atoms with van der Waals surface area (Å²) in [6, 6.07) is 14.0. The number of urea groups is 1. The van der Waals surface area contributed by atoms with Gasteiger partial charge in [-0.2, -0.15) is 4.31 Å². The van der Waals surface area contributed by atoms with Crippen LogP contribution in [0.5, 0.6) is 0 Å². The molecule has 4 rings (SSSR count). The van der Waals surface area contributed by atoms with Crippen LogP contribution in [0.2, 0.25) is 0 Å². The molecule has 1 N–H and O–H groups in total. The van der Waals surface area contributed by atoms with Crippen molar-refractivity contribution in [1.82, 2.24) is 14.5 Å². The minimum atomic E-state index is -3.68. The smallest absolute Gasteiger partial charge is 0.324 e. The van der Waals surface area contributed by atoms with Crippen LogP contribution in [0.4, 0.5) is 4.79 Å². The van der Waals surface area contributed by atoms with Crippen LogP contribution in [0.15, 0.2) is 53.4 Å².